The van der Waals surface area contributed by atoms with Gasteiger partial charge < -0.3 is 4.74 Å². The van der Waals surface area contributed by atoms with Crippen LogP contribution >= 0.6 is 0 Å². The summed E-state index contributed by atoms with van der Waals surface area (Å²) in [6.45, 7) is 2.09. The SMILES string of the molecule is CCCC1C=C(Cc2ccccc2)C(=O)O1. The lowest BCUT2D eigenvalue weighted by molar-refractivity contribution is -0.139. The lowest BCUT2D eigenvalue weighted by Gasteiger charge is -2.04. The first-order valence-corrected chi connectivity index (χ1v) is 5.75. The molecule has 0 aromatic heterocycles. The van der Waals surface area contributed by atoms with E-state index in [0.717, 1.165) is 24.0 Å². The normalized spacial score (nSPS) is 19.4. The number of hydrogen-bond acceptors (Lipinski definition) is 2. The van der Waals surface area contributed by atoms with E-state index in [1.54, 1.807) is 0 Å². The maximum atomic E-state index is 11.6. The van der Waals surface area contributed by atoms with E-state index in [-0.39, 0.29) is 12.1 Å². The molecule has 0 saturated carbocycles. The fourth-order valence-electron chi connectivity index (χ4n) is 1.91. The van der Waals surface area contributed by atoms with Gasteiger partial charge in [0, 0.05) is 12.0 Å². The molecule has 0 radical (unpaired) electrons. The first kappa shape index (κ1) is 10.9. The summed E-state index contributed by atoms with van der Waals surface area (Å²) in [6, 6.07) is 10.0. The van der Waals surface area contributed by atoms with Crippen LogP contribution in [0.4, 0.5) is 0 Å². The van der Waals surface area contributed by atoms with E-state index in [4.69, 9.17) is 4.74 Å². The molecule has 0 saturated heterocycles. The van der Waals surface area contributed by atoms with Crippen LogP contribution in [0, 0.1) is 0 Å². The fraction of sp³-hybridized carbons (Fsp3) is 0.357. The number of rotatable bonds is 4. The zero-order chi connectivity index (χ0) is 11.4. The van der Waals surface area contributed by atoms with Gasteiger partial charge in [-0.3, -0.25) is 0 Å². The molecule has 0 bridgehead atoms. The molecule has 1 aliphatic heterocycles. The number of benzene rings is 1. The van der Waals surface area contributed by atoms with Gasteiger partial charge in [0.15, 0.2) is 0 Å². The van der Waals surface area contributed by atoms with E-state index < -0.39 is 0 Å². The Balaban J connectivity index is 2.05. The minimum atomic E-state index is -0.151. The van der Waals surface area contributed by atoms with Crippen molar-refractivity contribution in [2.24, 2.45) is 0 Å². The molecular formula is C14H16O2. The van der Waals surface area contributed by atoms with Crippen molar-refractivity contribution in [2.45, 2.75) is 32.3 Å². The van der Waals surface area contributed by atoms with E-state index in [1.165, 1.54) is 0 Å². The number of carbonyl (C=O) groups excluding carboxylic acids is 1. The smallest absolute Gasteiger partial charge is 0.334 e. The van der Waals surface area contributed by atoms with Gasteiger partial charge in [-0.05, 0) is 18.1 Å². The van der Waals surface area contributed by atoms with Gasteiger partial charge >= 0.3 is 5.97 Å². The van der Waals surface area contributed by atoms with Crippen molar-refractivity contribution in [1.29, 1.82) is 0 Å². The number of hydrogen-bond donors (Lipinski definition) is 0. The number of esters is 1. The van der Waals surface area contributed by atoms with Gasteiger partial charge in [-0.1, -0.05) is 43.7 Å². The third-order valence-corrected chi connectivity index (χ3v) is 2.72. The van der Waals surface area contributed by atoms with Crippen molar-refractivity contribution in [1.82, 2.24) is 0 Å². The summed E-state index contributed by atoms with van der Waals surface area (Å²) >= 11 is 0. The Morgan fingerprint density at radius 1 is 1.25 bits per heavy atom. The van der Waals surface area contributed by atoms with Gasteiger partial charge in [0.1, 0.15) is 6.10 Å². The summed E-state index contributed by atoms with van der Waals surface area (Å²) in [6.07, 6.45) is 4.60. The second-order valence-electron chi connectivity index (χ2n) is 4.09. The van der Waals surface area contributed by atoms with E-state index in [2.05, 4.69) is 6.92 Å². The predicted molar refractivity (Wildman–Crippen MR) is 63.0 cm³/mol. The molecule has 2 nitrogen and oxygen atoms in total. The molecular weight excluding hydrogens is 200 g/mol. The summed E-state index contributed by atoms with van der Waals surface area (Å²) in [5.74, 6) is -0.151. The second kappa shape index (κ2) is 4.97. The van der Waals surface area contributed by atoms with Gasteiger partial charge in [-0.15, -0.1) is 0 Å². The highest BCUT2D eigenvalue weighted by Crippen LogP contribution is 2.20. The third kappa shape index (κ3) is 2.51. The van der Waals surface area contributed by atoms with Crippen molar-refractivity contribution in [3.63, 3.8) is 0 Å². The maximum absolute atomic E-state index is 11.6. The Bertz CT molecular complexity index is 392. The maximum Gasteiger partial charge on any atom is 0.334 e. The molecule has 0 spiro atoms. The van der Waals surface area contributed by atoms with Crippen molar-refractivity contribution in [3.05, 3.63) is 47.5 Å². The Kier molecular flexibility index (Phi) is 3.40. The highest BCUT2D eigenvalue weighted by molar-refractivity contribution is 5.91. The number of cyclic esters (lactones) is 1. The topological polar surface area (TPSA) is 26.3 Å². The van der Waals surface area contributed by atoms with Crippen LogP contribution in [-0.2, 0) is 16.0 Å². The molecule has 1 unspecified atom stereocenters. The van der Waals surface area contributed by atoms with E-state index in [0.29, 0.717) is 6.42 Å². The monoisotopic (exact) mass is 216 g/mol. The quantitative estimate of drug-likeness (QED) is 0.723. The standard InChI is InChI=1S/C14H16O2/c1-2-6-13-10-12(14(15)16-13)9-11-7-4-3-5-8-11/h3-5,7-8,10,13H,2,6,9H2,1H3. The van der Waals surface area contributed by atoms with Gasteiger partial charge in [-0.25, -0.2) is 4.79 Å². The fourth-order valence-corrected chi connectivity index (χ4v) is 1.91. The average Bonchev–Trinajstić information content (AvgIpc) is 2.61. The molecule has 2 rings (SSSR count). The minimum Gasteiger partial charge on any atom is -0.455 e. The summed E-state index contributed by atoms with van der Waals surface area (Å²) < 4.78 is 5.26. The second-order valence-corrected chi connectivity index (χ2v) is 4.09. The molecule has 84 valence electrons. The van der Waals surface area contributed by atoms with Crippen LogP contribution in [0.2, 0.25) is 0 Å². The Morgan fingerprint density at radius 3 is 2.69 bits per heavy atom. The Labute approximate surface area is 95.9 Å². The molecule has 1 heterocycles. The molecule has 1 aromatic rings. The van der Waals surface area contributed by atoms with Crippen LogP contribution in [-0.4, -0.2) is 12.1 Å². The summed E-state index contributed by atoms with van der Waals surface area (Å²) in [5.41, 5.74) is 1.95. The van der Waals surface area contributed by atoms with Crippen molar-refractivity contribution >= 4 is 5.97 Å². The minimum absolute atomic E-state index is 0.00351. The Morgan fingerprint density at radius 2 is 2.00 bits per heavy atom. The van der Waals surface area contributed by atoms with Crippen LogP contribution < -0.4 is 0 Å². The molecule has 1 aromatic carbocycles. The van der Waals surface area contributed by atoms with E-state index in [1.807, 2.05) is 36.4 Å². The lowest BCUT2D eigenvalue weighted by Crippen LogP contribution is -2.08. The number of ether oxygens (including phenoxy) is 1. The molecule has 0 N–H and O–H groups in total. The largest absolute Gasteiger partial charge is 0.455 e. The van der Waals surface area contributed by atoms with Gasteiger partial charge in [-0.2, -0.15) is 0 Å². The summed E-state index contributed by atoms with van der Waals surface area (Å²) in [7, 11) is 0. The predicted octanol–water partition coefficient (Wildman–Crippen LogP) is 2.88. The lowest BCUT2D eigenvalue weighted by atomic mass is 10.0. The molecule has 0 fully saturated rings. The molecule has 16 heavy (non-hydrogen) atoms. The highest BCUT2D eigenvalue weighted by Gasteiger charge is 2.24. The van der Waals surface area contributed by atoms with Crippen LogP contribution in [0.1, 0.15) is 25.3 Å². The molecule has 1 atom stereocenters. The Hall–Kier alpha value is -1.57. The average molecular weight is 216 g/mol. The van der Waals surface area contributed by atoms with Crippen LogP contribution in [0.5, 0.6) is 0 Å². The zero-order valence-electron chi connectivity index (χ0n) is 9.48. The van der Waals surface area contributed by atoms with Gasteiger partial charge in [0.25, 0.3) is 0 Å². The first-order chi connectivity index (χ1) is 7.79. The van der Waals surface area contributed by atoms with Crippen molar-refractivity contribution < 1.29 is 9.53 Å². The zero-order valence-corrected chi connectivity index (χ0v) is 9.48. The van der Waals surface area contributed by atoms with Crippen LogP contribution in [0.25, 0.3) is 0 Å². The van der Waals surface area contributed by atoms with Crippen LogP contribution in [0.15, 0.2) is 42.0 Å². The summed E-state index contributed by atoms with van der Waals surface area (Å²) in [4.78, 5) is 11.6. The molecule has 0 amide bonds. The van der Waals surface area contributed by atoms with E-state index >= 15 is 0 Å². The van der Waals surface area contributed by atoms with Crippen molar-refractivity contribution in [2.75, 3.05) is 0 Å². The van der Waals surface area contributed by atoms with Gasteiger partial charge in [0.05, 0.1) is 0 Å². The van der Waals surface area contributed by atoms with Crippen LogP contribution in [0.3, 0.4) is 0 Å². The molecule has 1 aliphatic rings. The van der Waals surface area contributed by atoms with Crippen molar-refractivity contribution in [3.8, 4) is 0 Å². The van der Waals surface area contributed by atoms with E-state index in [9.17, 15) is 4.79 Å². The van der Waals surface area contributed by atoms with Gasteiger partial charge in [0.2, 0.25) is 0 Å². The molecule has 0 aliphatic carbocycles. The summed E-state index contributed by atoms with van der Waals surface area (Å²) in [5, 5.41) is 0. The number of carbonyl (C=O) groups is 1. The first-order valence-electron chi connectivity index (χ1n) is 5.75. The third-order valence-electron chi connectivity index (χ3n) is 2.72. The molecule has 2 heteroatoms. The highest BCUT2D eigenvalue weighted by atomic mass is 16.5.